The van der Waals surface area contributed by atoms with E-state index in [1.165, 1.54) is 21.7 Å². The number of nitrogens with one attached hydrogen (secondary N) is 2. The molecule has 1 aliphatic heterocycles. The van der Waals surface area contributed by atoms with Crippen LogP contribution in [-0.4, -0.2) is 62.8 Å². The van der Waals surface area contributed by atoms with Crippen LogP contribution in [0.15, 0.2) is 58.4 Å². The van der Waals surface area contributed by atoms with Crippen LogP contribution in [0.2, 0.25) is 0 Å². The Labute approximate surface area is 183 Å². The predicted octanol–water partition coefficient (Wildman–Crippen LogP) is 2.73. The van der Waals surface area contributed by atoms with Crippen molar-refractivity contribution >= 4 is 29.3 Å². The summed E-state index contributed by atoms with van der Waals surface area (Å²) in [5.74, 6) is 0.740. The van der Waals surface area contributed by atoms with Crippen LogP contribution >= 0.6 is 11.8 Å². The third-order valence-corrected chi connectivity index (χ3v) is 6.09. The number of benzene rings is 2. The molecule has 2 aromatic rings. The van der Waals surface area contributed by atoms with E-state index in [0.717, 1.165) is 26.2 Å². The summed E-state index contributed by atoms with van der Waals surface area (Å²) in [5, 5.41) is 6.47. The molecule has 30 heavy (non-hydrogen) atoms. The number of carbonyl (C=O) groups is 1. The first kappa shape index (κ1) is 22.0. The minimum atomic E-state index is 0.103. The number of guanidine groups is 1. The van der Waals surface area contributed by atoms with E-state index in [0.29, 0.717) is 12.5 Å². The van der Waals surface area contributed by atoms with Gasteiger partial charge in [0.25, 0.3) is 0 Å². The first-order chi connectivity index (χ1) is 14.6. The normalized spacial score (nSPS) is 14.6. The number of hydrogen-bond acceptors (Lipinski definition) is 4. The van der Waals surface area contributed by atoms with Gasteiger partial charge in [0.15, 0.2) is 5.96 Å². The highest BCUT2D eigenvalue weighted by molar-refractivity contribution is 7.98. The molecule has 0 atom stereocenters. The monoisotopic (exact) mass is 425 g/mol. The maximum Gasteiger partial charge on any atom is 0.242 e. The fourth-order valence-corrected chi connectivity index (χ4v) is 4.23. The number of rotatable bonds is 6. The van der Waals surface area contributed by atoms with Crippen LogP contribution in [0.1, 0.15) is 11.1 Å². The second-order valence-corrected chi connectivity index (χ2v) is 8.15. The summed E-state index contributed by atoms with van der Waals surface area (Å²) in [7, 11) is 1.73. The summed E-state index contributed by atoms with van der Waals surface area (Å²) < 4.78 is 0. The number of hydrogen-bond donors (Lipinski definition) is 2. The molecule has 2 N–H and O–H groups in total. The average Bonchev–Trinajstić information content (AvgIpc) is 2.80. The predicted molar refractivity (Wildman–Crippen MR) is 126 cm³/mol. The summed E-state index contributed by atoms with van der Waals surface area (Å²) in [4.78, 5) is 22.4. The lowest BCUT2D eigenvalue weighted by Gasteiger charge is -2.36. The van der Waals surface area contributed by atoms with Gasteiger partial charge in [-0.3, -0.25) is 9.79 Å². The quantitative estimate of drug-likeness (QED) is 0.423. The molecule has 1 fully saturated rings. The summed E-state index contributed by atoms with van der Waals surface area (Å²) in [5.41, 5.74) is 3.69. The summed E-state index contributed by atoms with van der Waals surface area (Å²) in [6.45, 7) is 6.20. The van der Waals surface area contributed by atoms with Gasteiger partial charge in [0.2, 0.25) is 5.91 Å². The molecule has 6 nitrogen and oxygen atoms in total. The number of aryl methyl sites for hydroxylation is 1. The van der Waals surface area contributed by atoms with Crippen molar-refractivity contribution in [3.63, 3.8) is 0 Å². The molecule has 1 saturated heterocycles. The third kappa shape index (κ3) is 5.92. The zero-order valence-corrected chi connectivity index (χ0v) is 18.8. The molecule has 0 spiro atoms. The number of amides is 1. The Balaban J connectivity index is 1.44. The van der Waals surface area contributed by atoms with Gasteiger partial charge >= 0.3 is 0 Å². The Hall–Kier alpha value is -2.67. The van der Waals surface area contributed by atoms with Crippen LogP contribution in [0, 0.1) is 6.92 Å². The van der Waals surface area contributed by atoms with Gasteiger partial charge in [-0.2, -0.15) is 0 Å². The zero-order chi connectivity index (χ0) is 21.3. The van der Waals surface area contributed by atoms with Crippen LogP contribution in [0.5, 0.6) is 0 Å². The molecule has 3 rings (SSSR count). The van der Waals surface area contributed by atoms with Gasteiger partial charge in [0.1, 0.15) is 0 Å². The number of anilines is 1. The number of thioether (sulfide) groups is 1. The zero-order valence-electron chi connectivity index (χ0n) is 18.0. The minimum Gasteiger partial charge on any atom is -0.368 e. The van der Waals surface area contributed by atoms with E-state index in [-0.39, 0.29) is 12.5 Å². The second kappa shape index (κ2) is 10.9. The number of aliphatic imine (C=N–C) groups is 1. The molecular formula is C23H31N5OS. The van der Waals surface area contributed by atoms with Gasteiger partial charge < -0.3 is 20.4 Å². The molecule has 1 heterocycles. The van der Waals surface area contributed by atoms with Crippen LogP contribution in [0.3, 0.4) is 0 Å². The standard InChI is InChI=1S/C23H31N5OS/c1-18-9-10-19(21(15-18)30-3)16-25-23(24-2)26-17-22(29)28-13-11-27(12-14-28)20-7-5-4-6-8-20/h4-10,15H,11-14,16-17H2,1-3H3,(H2,24,25,26). The second-order valence-electron chi connectivity index (χ2n) is 7.30. The molecule has 0 aliphatic carbocycles. The van der Waals surface area contributed by atoms with Gasteiger partial charge in [-0.25, -0.2) is 0 Å². The lowest BCUT2D eigenvalue weighted by Crippen LogP contribution is -2.52. The summed E-state index contributed by atoms with van der Waals surface area (Å²) in [6.07, 6.45) is 2.08. The van der Waals surface area contributed by atoms with E-state index in [9.17, 15) is 4.79 Å². The van der Waals surface area contributed by atoms with Crippen LogP contribution in [-0.2, 0) is 11.3 Å². The van der Waals surface area contributed by atoms with E-state index in [1.54, 1.807) is 18.8 Å². The molecule has 1 amide bonds. The highest BCUT2D eigenvalue weighted by atomic mass is 32.2. The fourth-order valence-electron chi connectivity index (χ4n) is 3.52. The molecule has 0 saturated carbocycles. The average molecular weight is 426 g/mol. The number of nitrogens with zero attached hydrogens (tertiary/aromatic N) is 3. The van der Waals surface area contributed by atoms with E-state index < -0.39 is 0 Å². The van der Waals surface area contributed by atoms with Crippen molar-refractivity contribution in [1.29, 1.82) is 0 Å². The van der Waals surface area contributed by atoms with Crippen molar-refractivity contribution in [3.8, 4) is 0 Å². The Kier molecular flexibility index (Phi) is 8.02. The molecule has 0 aromatic heterocycles. The van der Waals surface area contributed by atoms with Crippen LogP contribution in [0.25, 0.3) is 0 Å². The van der Waals surface area contributed by atoms with E-state index in [2.05, 4.69) is 64.0 Å². The van der Waals surface area contributed by atoms with Gasteiger partial charge in [-0.1, -0.05) is 30.3 Å². The summed E-state index contributed by atoms with van der Waals surface area (Å²) >= 11 is 1.74. The van der Waals surface area contributed by atoms with E-state index >= 15 is 0 Å². The smallest absolute Gasteiger partial charge is 0.242 e. The van der Waals surface area contributed by atoms with Crippen LogP contribution in [0.4, 0.5) is 5.69 Å². The molecule has 160 valence electrons. The number of piperazine rings is 1. The third-order valence-electron chi connectivity index (χ3n) is 5.27. The Bertz CT molecular complexity index is 863. The van der Waals surface area contributed by atoms with Crippen molar-refractivity contribution in [1.82, 2.24) is 15.5 Å². The van der Waals surface area contributed by atoms with Crippen molar-refractivity contribution in [2.45, 2.75) is 18.4 Å². The fraction of sp³-hybridized carbons (Fsp3) is 0.391. The van der Waals surface area contributed by atoms with Crippen molar-refractivity contribution in [2.75, 3.05) is 50.9 Å². The largest absolute Gasteiger partial charge is 0.368 e. The molecular weight excluding hydrogens is 394 g/mol. The molecule has 0 bridgehead atoms. The maximum absolute atomic E-state index is 12.6. The van der Waals surface area contributed by atoms with Crippen molar-refractivity contribution in [2.24, 2.45) is 4.99 Å². The van der Waals surface area contributed by atoms with Crippen molar-refractivity contribution in [3.05, 3.63) is 59.7 Å². The SMILES string of the molecule is CN=C(NCC(=O)N1CCN(c2ccccc2)CC1)NCc1ccc(C)cc1SC. The topological polar surface area (TPSA) is 60.0 Å². The lowest BCUT2D eigenvalue weighted by molar-refractivity contribution is -0.130. The Morgan fingerprint density at radius 2 is 1.80 bits per heavy atom. The van der Waals surface area contributed by atoms with E-state index in [1.807, 2.05) is 23.1 Å². The van der Waals surface area contributed by atoms with Crippen molar-refractivity contribution < 1.29 is 4.79 Å². The highest BCUT2D eigenvalue weighted by Gasteiger charge is 2.21. The Morgan fingerprint density at radius 1 is 1.07 bits per heavy atom. The molecule has 1 aliphatic rings. The lowest BCUT2D eigenvalue weighted by atomic mass is 10.1. The molecule has 0 radical (unpaired) electrons. The van der Waals surface area contributed by atoms with Gasteiger partial charge in [-0.05, 0) is 42.5 Å². The number of carbonyl (C=O) groups excluding carboxylic acids is 1. The first-order valence-electron chi connectivity index (χ1n) is 10.3. The highest BCUT2D eigenvalue weighted by Crippen LogP contribution is 2.21. The number of para-hydroxylation sites is 1. The molecule has 0 unspecified atom stereocenters. The van der Waals surface area contributed by atoms with Crippen LogP contribution < -0.4 is 15.5 Å². The van der Waals surface area contributed by atoms with Gasteiger partial charge in [0.05, 0.1) is 6.54 Å². The minimum absolute atomic E-state index is 0.103. The van der Waals surface area contributed by atoms with E-state index in [4.69, 9.17) is 0 Å². The van der Waals surface area contributed by atoms with Gasteiger partial charge in [0, 0.05) is 50.4 Å². The summed E-state index contributed by atoms with van der Waals surface area (Å²) in [6, 6.07) is 16.8. The first-order valence-corrected chi connectivity index (χ1v) is 11.5. The molecule has 7 heteroatoms. The van der Waals surface area contributed by atoms with Gasteiger partial charge in [-0.15, -0.1) is 11.8 Å². The molecule has 2 aromatic carbocycles. The maximum atomic E-state index is 12.6. The Morgan fingerprint density at radius 3 is 2.47 bits per heavy atom.